The number of nitrogens with one attached hydrogen (secondary N) is 1. The molecule has 1 nitrogen and oxygen atoms in total. The van der Waals surface area contributed by atoms with E-state index in [-0.39, 0.29) is 0 Å². The molecule has 0 aliphatic heterocycles. The number of anilines is 1. The maximum absolute atomic E-state index is 6.10. The molecule has 19 heavy (non-hydrogen) atoms. The second-order valence-corrected chi connectivity index (χ2v) is 7.35. The quantitative estimate of drug-likeness (QED) is 0.788. The Morgan fingerprint density at radius 1 is 0.947 bits per heavy atom. The van der Waals surface area contributed by atoms with Gasteiger partial charge in [-0.15, -0.1) is 0 Å². The van der Waals surface area contributed by atoms with Crippen molar-refractivity contribution >= 4 is 28.9 Å². The van der Waals surface area contributed by atoms with Gasteiger partial charge in [0.2, 0.25) is 0 Å². The van der Waals surface area contributed by atoms with Gasteiger partial charge in [0, 0.05) is 11.7 Å². The highest BCUT2D eigenvalue weighted by molar-refractivity contribution is 6.42. The van der Waals surface area contributed by atoms with Crippen LogP contribution in [0.5, 0.6) is 0 Å². The summed E-state index contributed by atoms with van der Waals surface area (Å²) in [7, 11) is 0. The summed E-state index contributed by atoms with van der Waals surface area (Å²) in [6.45, 7) is 0. The second-order valence-electron chi connectivity index (χ2n) is 6.53. The normalized spacial score (nSPS) is 39.6. The summed E-state index contributed by atoms with van der Waals surface area (Å²) < 4.78 is 0. The van der Waals surface area contributed by atoms with Crippen molar-refractivity contribution < 1.29 is 0 Å². The lowest BCUT2D eigenvalue weighted by atomic mass is 9.79. The van der Waals surface area contributed by atoms with Crippen LogP contribution >= 0.6 is 23.2 Å². The fourth-order valence-electron chi connectivity index (χ4n) is 5.03. The van der Waals surface area contributed by atoms with Crippen molar-refractivity contribution in [3.05, 3.63) is 28.2 Å². The molecule has 1 N–H and O–H groups in total. The number of rotatable bonds is 2. The smallest absolute Gasteiger partial charge is 0.0612 e. The van der Waals surface area contributed by atoms with Gasteiger partial charge in [0.25, 0.3) is 0 Å². The molecular formula is C16H19Cl2N. The summed E-state index contributed by atoms with van der Waals surface area (Å²) in [4.78, 5) is 0. The standard InChI is InChI=1S/C16H19Cl2N/c17-14-5-4-10(8-15(14)18)19-16-7-9-6-13(16)12-3-1-2-11(9)12/h4-5,8-9,11-13,16,19H,1-3,6-7H2. The monoisotopic (exact) mass is 295 g/mol. The molecule has 5 atom stereocenters. The molecule has 1 aromatic rings. The van der Waals surface area contributed by atoms with Gasteiger partial charge < -0.3 is 5.32 Å². The first-order chi connectivity index (χ1) is 9.22. The molecule has 3 heteroatoms. The van der Waals surface area contributed by atoms with Crippen LogP contribution in [0.1, 0.15) is 32.1 Å². The molecule has 1 aromatic carbocycles. The van der Waals surface area contributed by atoms with Crippen LogP contribution in [-0.2, 0) is 0 Å². The first kappa shape index (κ1) is 12.3. The van der Waals surface area contributed by atoms with E-state index in [4.69, 9.17) is 23.2 Å². The van der Waals surface area contributed by atoms with Crippen LogP contribution in [0, 0.1) is 23.7 Å². The van der Waals surface area contributed by atoms with E-state index in [2.05, 4.69) is 5.32 Å². The van der Waals surface area contributed by atoms with Crippen LogP contribution in [0.4, 0.5) is 5.69 Å². The highest BCUT2D eigenvalue weighted by atomic mass is 35.5. The molecule has 4 rings (SSSR count). The molecule has 102 valence electrons. The predicted molar refractivity (Wildman–Crippen MR) is 80.9 cm³/mol. The molecule has 0 amide bonds. The highest BCUT2D eigenvalue weighted by Crippen LogP contribution is 2.59. The Morgan fingerprint density at radius 3 is 2.63 bits per heavy atom. The third kappa shape index (κ3) is 1.97. The lowest BCUT2D eigenvalue weighted by molar-refractivity contribution is 0.243. The molecule has 5 unspecified atom stereocenters. The molecule has 0 radical (unpaired) electrons. The zero-order valence-corrected chi connectivity index (χ0v) is 12.4. The van der Waals surface area contributed by atoms with Gasteiger partial charge in [-0.2, -0.15) is 0 Å². The Balaban J connectivity index is 1.51. The molecule has 0 heterocycles. The molecule has 2 bridgehead atoms. The van der Waals surface area contributed by atoms with E-state index in [1.807, 2.05) is 18.2 Å². The van der Waals surface area contributed by atoms with E-state index in [9.17, 15) is 0 Å². The minimum Gasteiger partial charge on any atom is -0.382 e. The van der Waals surface area contributed by atoms with Gasteiger partial charge >= 0.3 is 0 Å². The van der Waals surface area contributed by atoms with Gasteiger partial charge in [-0.05, 0) is 67.6 Å². The summed E-state index contributed by atoms with van der Waals surface area (Å²) in [6, 6.07) is 6.55. The van der Waals surface area contributed by atoms with Gasteiger partial charge in [-0.1, -0.05) is 29.6 Å². The van der Waals surface area contributed by atoms with Crippen LogP contribution in [0.2, 0.25) is 10.0 Å². The number of halogens is 2. The Labute approximate surface area is 124 Å². The lowest BCUT2D eigenvalue weighted by Crippen LogP contribution is -2.33. The molecular weight excluding hydrogens is 277 g/mol. The largest absolute Gasteiger partial charge is 0.382 e. The van der Waals surface area contributed by atoms with E-state index in [0.29, 0.717) is 16.1 Å². The molecule has 0 saturated heterocycles. The fourth-order valence-corrected chi connectivity index (χ4v) is 5.33. The minimum atomic E-state index is 0.635. The summed E-state index contributed by atoms with van der Waals surface area (Å²) in [6.07, 6.45) is 7.22. The van der Waals surface area contributed by atoms with Crippen molar-refractivity contribution in [2.75, 3.05) is 5.32 Å². The maximum atomic E-state index is 6.10. The van der Waals surface area contributed by atoms with E-state index < -0.39 is 0 Å². The van der Waals surface area contributed by atoms with Crippen LogP contribution < -0.4 is 5.32 Å². The Hall–Kier alpha value is -0.400. The molecule has 0 aromatic heterocycles. The van der Waals surface area contributed by atoms with Crippen molar-refractivity contribution in [1.82, 2.24) is 0 Å². The summed E-state index contributed by atoms with van der Waals surface area (Å²) >= 11 is 12.1. The first-order valence-corrected chi connectivity index (χ1v) is 8.19. The average Bonchev–Trinajstić information content (AvgIpc) is 3.05. The molecule has 0 spiro atoms. The van der Waals surface area contributed by atoms with Gasteiger partial charge in [-0.25, -0.2) is 0 Å². The van der Waals surface area contributed by atoms with Crippen molar-refractivity contribution in [3.63, 3.8) is 0 Å². The zero-order chi connectivity index (χ0) is 13.0. The van der Waals surface area contributed by atoms with E-state index in [0.717, 1.165) is 29.4 Å². The molecule has 3 saturated carbocycles. The topological polar surface area (TPSA) is 12.0 Å². The van der Waals surface area contributed by atoms with E-state index in [1.165, 1.54) is 32.1 Å². The van der Waals surface area contributed by atoms with Crippen molar-refractivity contribution in [2.24, 2.45) is 23.7 Å². The first-order valence-electron chi connectivity index (χ1n) is 7.44. The number of hydrogen-bond acceptors (Lipinski definition) is 1. The SMILES string of the molecule is Clc1ccc(NC2CC3CC2C2CCCC32)cc1Cl. The molecule has 3 aliphatic rings. The molecule has 3 aliphatic carbocycles. The van der Waals surface area contributed by atoms with Crippen LogP contribution in [0.15, 0.2) is 18.2 Å². The summed E-state index contributed by atoms with van der Waals surface area (Å²) in [5.74, 6) is 3.93. The van der Waals surface area contributed by atoms with Gasteiger partial charge in [-0.3, -0.25) is 0 Å². The third-order valence-electron chi connectivity index (χ3n) is 5.70. The number of fused-ring (bicyclic) bond motifs is 5. The number of benzene rings is 1. The van der Waals surface area contributed by atoms with Crippen molar-refractivity contribution in [3.8, 4) is 0 Å². The molecule has 3 fully saturated rings. The summed E-state index contributed by atoms with van der Waals surface area (Å²) in [5, 5.41) is 4.99. The Kier molecular flexibility index (Phi) is 2.97. The van der Waals surface area contributed by atoms with Gasteiger partial charge in [0.1, 0.15) is 0 Å². The summed E-state index contributed by atoms with van der Waals surface area (Å²) in [5.41, 5.74) is 1.13. The Bertz CT molecular complexity index is 502. The van der Waals surface area contributed by atoms with E-state index >= 15 is 0 Å². The maximum Gasteiger partial charge on any atom is 0.0612 e. The Morgan fingerprint density at radius 2 is 1.79 bits per heavy atom. The van der Waals surface area contributed by atoms with Crippen molar-refractivity contribution in [2.45, 2.75) is 38.1 Å². The van der Waals surface area contributed by atoms with Gasteiger partial charge in [0.15, 0.2) is 0 Å². The van der Waals surface area contributed by atoms with Crippen LogP contribution in [0.25, 0.3) is 0 Å². The average molecular weight is 296 g/mol. The fraction of sp³-hybridized carbons (Fsp3) is 0.625. The van der Waals surface area contributed by atoms with Gasteiger partial charge in [0.05, 0.1) is 10.0 Å². The zero-order valence-electron chi connectivity index (χ0n) is 10.9. The van der Waals surface area contributed by atoms with E-state index in [1.54, 1.807) is 0 Å². The van der Waals surface area contributed by atoms with Crippen molar-refractivity contribution in [1.29, 1.82) is 0 Å². The number of hydrogen-bond donors (Lipinski definition) is 1. The predicted octanol–water partition coefficient (Wildman–Crippen LogP) is 5.23. The third-order valence-corrected chi connectivity index (χ3v) is 6.44. The lowest BCUT2D eigenvalue weighted by Gasteiger charge is -2.32. The van der Waals surface area contributed by atoms with Crippen LogP contribution in [-0.4, -0.2) is 6.04 Å². The highest BCUT2D eigenvalue weighted by Gasteiger charge is 2.53. The minimum absolute atomic E-state index is 0.635. The second kappa shape index (κ2) is 4.56. The van der Waals surface area contributed by atoms with Crippen LogP contribution in [0.3, 0.4) is 0 Å².